The van der Waals surface area contributed by atoms with Gasteiger partial charge in [0.25, 0.3) is 0 Å². The van der Waals surface area contributed by atoms with Crippen LogP contribution in [0.5, 0.6) is 0 Å². The van der Waals surface area contributed by atoms with Gasteiger partial charge in [0, 0.05) is 6.42 Å². The molecule has 0 aromatic heterocycles. The molecule has 0 aliphatic carbocycles. The van der Waals surface area contributed by atoms with Crippen LogP contribution in [0.1, 0.15) is 53.4 Å². The van der Waals surface area contributed by atoms with E-state index in [1.165, 1.54) is 0 Å². The Labute approximate surface area is 192 Å². The number of hydrogen-bond donors (Lipinski definition) is 7. The van der Waals surface area contributed by atoms with Crippen molar-refractivity contribution < 1.29 is 39.0 Å². The lowest BCUT2D eigenvalue weighted by Crippen LogP contribution is -2.59. The molecule has 0 saturated carbocycles. The molecule has 13 nitrogen and oxygen atoms in total. The van der Waals surface area contributed by atoms with Crippen molar-refractivity contribution in [3.05, 3.63) is 0 Å². The molecule has 0 aromatic carbocycles. The predicted octanol–water partition coefficient (Wildman–Crippen LogP) is -1.70. The van der Waals surface area contributed by atoms with Gasteiger partial charge in [0.15, 0.2) is 0 Å². The van der Waals surface area contributed by atoms with Crippen LogP contribution < -0.4 is 27.4 Å². The summed E-state index contributed by atoms with van der Waals surface area (Å²) in [6.07, 6.45) is -0.537. The summed E-state index contributed by atoms with van der Waals surface area (Å²) in [5.41, 5.74) is 10.7. The Morgan fingerprint density at radius 3 is 1.82 bits per heavy atom. The molecular weight excluding hydrogens is 438 g/mol. The van der Waals surface area contributed by atoms with Crippen LogP contribution in [0.4, 0.5) is 0 Å². The zero-order chi connectivity index (χ0) is 25.9. The minimum Gasteiger partial charge on any atom is -0.481 e. The Kier molecular flexibility index (Phi) is 12.7. The molecule has 5 unspecified atom stereocenters. The normalized spacial score (nSPS) is 15.5. The fourth-order valence-corrected chi connectivity index (χ4v) is 2.81. The highest BCUT2D eigenvalue weighted by molar-refractivity contribution is 5.95. The van der Waals surface area contributed by atoms with Gasteiger partial charge in [-0.15, -0.1) is 0 Å². The highest BCUT2D eigenvalue weighted by atomic mass is 16.4. The molecule has 13 heteroatoms. The quantitative estimate of drug-likeness (QED) is 0.143. The van der Waals surface area contributed by atoms with Gasteiger partial charge in [-0.25, -0.2) is 4.79 Å². The number of nitrogens with two attached hydrogens (primary N) is 2. The largest absolute Gasteiger partial charge is 0.481 e. The zero-order valence-corrected chi connectivity index (χ0v) is 19.3. The standard InChI is InChI=1S/C20H35N5O8/c1-5-10(4)16(20(32)33)25-18(30)12(8-14(27)28)23-19(31)15(9(2)3)24-17(29)11(21)6-7-13(22)26/h9-12,15-16H,5-8,21H2,1-4H3,(H2,22,26)(H,23,31)(H,24,29)(H,25,30)(H,27,28)(H,32,33). The van der Waals surface area contributed by atoms with E-state index in [4.69, 9.17) is 16.6 Å². The van der Waals surface area contributed by atoms with Gasteiger partial charge in [0.2, 0.25) is 23.6 Å². The molecule has 33 heavy (non-hydrogen) atoms. The number of carbonyl (C=O) groups is 6. The number of rotatable bonds is 15. The van der Waals surface area contributed by atoms with E-state index in [2.05, 4.69) is 16.0 Å². The third-order valence-electron chi connectivity index (χ3n) is 5.07. The summed E-state index contributed by atoms with van der Waals surface area (Å²) in [5, 5.41) is 25.5. The molecule has 0 heterocycles. The Bertz CT molecular complexity index is 742. The molecule has 0 aliphatic rings. The van der Waals surface area contributed by atoms with Gasteiger partial charge in [0.1, 0.15) is 18.1 Å². The first kappa shape index (κ1) is 29.8. The molecular formula is C20H35N5O8. The molecule has 0 fully saturated rings. The van der Waals surface area contributed by atoms with Gasteiger partial charge in [-0.2, -0.15) is 0 Å². The molecule has 0 aromatic rings. The summed E-state index contributed by atoms with van der Waals surface area (Å²) in [6, 6.07) is -5.15. The molecule has 5 atom stereocenters. The van der Waals surface area contributed by atoms with Crippen LogP contribution in [0, 0.1) is 11.8 Å². The van der Waals surface area contributed by atoms with E-state index in [0.29, 0.717) is 6.42 Å². The molecule has 4 amide bonds. The molecule has 0 saturated heterocycles. The van der Waals surface area contributed by atoms with Gasteiger partial charge in [0.05, 0.1) is 12.5 Å². The van der Waals surface area contributed by atoms with Crippen LogP contribution in [0.2, 0.25) is 0 Å². The second-order valence-electron chi connectivity index (χ2n) is 8.21. The second kappa shape index (κ2) is 14.0. The van der Waals surface area contributed by atoms with Crippen molar-refractivity contribution in [2.75, 3.05) is 0 Å². The van der Waals surface area contributed by atoms with Crippen molar-refractivity contribution in [2.24, 2.45) is 23.3 Å². The SMILES string of the molecule is CCC(C)C(NC(=O)C(CC(=O)O)NC(=O)C(NC(=O)C(N)CCC(N)=O)C(C)C)C(=O)O. The summed E-state index contributed by atoms with van der Waals surface area (Å²) >= 11 is 0. The van der Waals surface area contributed by atoms with E-state index in [1.807, 2.05) is 0 Å². The molecule has 0 spiro atoms. The monoisotopic (exact) mass is 473 g/mol. The molecule has 0 bridgehead atoms. The average molecular weight is 474 g/mol. The van der Waals surface area contributed by atoms with Gasteiger partial charge >= 0.3 is 11.9 Å². The maximum absolute atomic E-state index is 12.8. The van der Waals surface area contributed by atoms with Gasteiger partial charge in [-0.05, 0) is 18.3 Å². The first-order chi connectivity index (χ1) is 15.2. The summed E-state index contributed by atoms with van der Waals surface area (Å²) < 4.78 is 0. The molecule has 0 radical (unpaired) electrons. The Hall–Kier alpha value is -3.22. The molecule has 9 N–H and O–H groups in total. The lowest BCUT2D eigenvalue weighted by Gasteiger charge is -2.27. The molecule has 0 rings (SSSR count). The van der Waals surface area contributed by atoms with E-state index in [-0.39, 0.29) is 12.8 Å². The number of hydrogen-bond acceptors (Lipinski definition) is 7. The summed E-state index contributed by atoms with van der Waals surface area (Å²) in [5.74, 6) is -6.82. The third kappa shape index (κ3) is 10.8. The van der Waals surface area contributed by atoms with Crippen LogP contribution in [0.15, 0.2) is 0 Å². The van der Waals surface area contributed by atoms with Crippen molar-refractivity contribution >= 4 is 35.6 Å². The van der Waals surface area contributed by atoms with Crippen molar-refractivity contribution in [3.8, 4) is 0 Å². The summed E-state index contributed by atoms with van der Waals surface area (Å²) in [7, 11) is 0. The second-order valence-corrected chi connectivity index (χ2v) is 8.21. The Balaban J connectivity index is 5.46. The maximum atomic E-state index is 12.8. The van der Waals surface area contributed by atoms with Crippen molar-refractivity contribution in [3.63, 3.8) is 0 Å². The van der Waals surface area contributed by atoms with E-state index >= 15 is 0 Å². The number of amides is 4. The number of aliphatic carboxylic acids is 2. The van der Waals surface area contributed by atoms with E-state index in [9.17, 15) is 33.9 Å². The van der Waals surface area contributed by atoms with Crippen molar-refractivity contribution in [1.29, 1.82) is 0 Å². The van der Waals surface area contributed by atoms with Gasteiger partial charge < -0.3 is 37.6 Å². The minimum atomic E-state index is -1.58. The van der Waals surface area contributed by atoms with Crippen molar-refractivity contribution in [2.45, 2.75) is 77.5 Å². The van der Waals surface area contributed by atoms with E-state index < -0.39 is 78.0 Å². The van der Waals surface area contributed by atoms with E-state index in [1.54, 1.807) is 27.7 Å². The van der Waals surface area contributed by atoms with Crippen molar-refractivity contribution in [1.82, 2.24) is 16.0 Å². The van der Waals surface area contributed by atoms with Crippen LogP contribution in [-0.2, 0) is 28.8 Å². The van der Waals surface area contributed by atoms with Gasteiger partial charge in [-0.3, -0.25) is 24.0 Å². The smallest absolute Gasteiger partial charge is 0.326 e. The number of primary amides is 1. The summed E-state index contributed by atoms with van der Waals surface area (Å²) in [4.78, 5) is 71.3. The van der Waals surface area contributed by atoms with Crippen LogP contribution in [-0.4, -0.2) is 69.9 Å². The number of carboxylic acid groups (broad SMARTS) is 2. The highest BCUT2D eigenvalue weighted by Gasteiger charge is 2.33. The number of nitrogens with one attached hydrogen (secondary N) is 3. The molecule has 0 aliphatic heterocycles. The van der Waals surface area contributed by atoms with Crippen LogP contribution in [0.3, 0.4) is 0 Å². The first-order valence-corrected chi connectivity index (χ1v) is 10.6. The number of carboxylic acids is 2. The third-order valence-corrected chi connectivity index (χ3v) is 5.07. The Morgan fingerprint density at radius 1 is 0.848 bits per heavy atom. The lowest BCUT2D eigenvalue weighted by molar-refractivity contribution is -0.145. The minimum absolute atomic E-state index is 0.0379. The average Bonchev–Trinajstić information content (AvgIpc) is 2.71. The highest BCUT2D eigenvalue weighted by Crippen LogP contribution is 2.10. The zero-order valence-electron chi connectivity index (χ0n) is 19.3. The topological polar surface area (TPSA) is 231 Å². The van der Waals surface area contributed by atoms with Crippen LogP contribution >= 0.6 is 0 Å². The first-order valence-electron chi connectivity index (χ1n) is 10.6. The predicted molar refractivity (Wildman–Crippen MR) is 116 cm³/mol. The van der Waals surface area contributed by atoms with Gasteiger partial charge in [-0.1, -0.05) is 34.1 Å². The fraction of sp³-hybridized carbons (Fsp3) is 0.700. The van der Waals surface area contributed by atoms with Crippen LogP contribution in [0.25, 0.3) is 0 Å². The lowest BCUT2D eigenvalue weighted by atomic mass is 9.98. The maximum Gasteiger partial charge on any atom is 0.326 e. The molecule has 188 valence electrons. The Morgan fingerprint density at radius 2 is 1.39 bits per heavy atom. The summed E-state index contributed by atoms with van der Waals surface area (Å²) in [6.45, 7) is 6.55. The number of carbonyl (C=O) groups excluding carboxylic acids is 4. The van der Waals surface area contributed by atoms with E-state index in [0.717, 1.165) is 0 Å². The fourth-order valence-electron chi connectivity index (χ4n) is 2.81.